The molecule has 2 N–H and O–H groups in total. The van der Waals surface area contributed by atoms with Crippen molar-refractivity contribution < 1.29 is 4.79 Å². The highest BCUT2D eigenvalue weighted by molar-refractivity contribution is 5.79. The van der Waals surface area contributed by atoms with Crippen molar-refractivity contribution in [1.82, 2.24) is 4.90 Å². The summed E-state index contributed by atoms with van der Waals surface area (Å²) in [6, 6.07) is 0.0920. The number of hydrogen-bond acceptors (Lipinski definition) is 2. The first-order valence-corrected chi connectivity index (χ1v) is 7.62. The van der Waals surface area contributed by atoms with Gasteiger partial charge in [0, 0.05) is 19.1 Å². The van der Waals surface area contributed by atoms with Crippen molar-refractivity contribution >= 4 is 5.91 Å². The molecule has 3 nitrogen and oxygen atoms in total. The minimum atomic E-state index is 0.0853. The molecule has 0 aromatic heterocycles. The molecule has 2 rings (SSSR count). The zero-order valence-corrected chi connectivity index (χ0v) is 11.9. The SMILES string of the molecule is CC1CCCN(C(=O)C2CC(C)CCC2N)CC1. The van der Waals surface area contributed by atoms with Crippen LogP contribution in [0.3, 0.4) is 0 Å². The molecule has 1 heterocycles. The van der Waals surface area contributed by atoms with Crippen molar-refractivity contribution in [3.8, 4) is 0 Å². The summed E-state index contributed by atoms with van der Waals surface area (Å²) in [5.74, 6) is 1.84. The Bertz CT molecular complexity index is 292. The van der Waals surface area contributed by atoms with Crippen molar-refractivity contribution in [2.45, 2.75) is 58.4 Å². The first-order chi connectivity index (χ1) is 8.58. The Kier molecular flexibility index (Phi) is 4.66. The summed E-state index contributed by atoms with van der Waals surface area (Å²) in [6.07, 6.45) is 6.76. The molecule has 18 heavy (non-hydrogen) atoms. The van der Waals surface area contributed by atoms with Gasteiger partial charge in [0.25, 0.3) is 0 Å². The Hall–Kier alpha value is -0.570. The minimum absolute atomic E-state index is 0.0853. The van der Waals surface area contributed by atoms with E-state index in [0.29, 0.717) is 11.8 Å². The van der Waals surface area contributed by atoms with E-state index >= 15 is 0 Å². The number of likely N-dealkylation sites (tertiary alicyclic amines) is 1. The summed E-state index contributed by atoms with van der Waals surface area (Å²) in [4.78, 5) is 14.7. The van der Waals surface area contributed by atoms with E-state index < -0.39 is 0 Å². The molecule has 0 spiro atoms. The second-order valence-electron chi connectivity index (χ2n) is 6.55. The van der Waals surface area contributed by atoms with Crippen LogP contribution in [0.1, 0.15) is 52.4 Å². The zero-order chi connectivity index (χ0) is 13.1. The maximum absolute atomic E-state index is 12.6. The van der Waals surface area contributed by atoms with E-state index in [1.165, 1.54) is 12.8 Å². The second-order valence-corrected chi connectivity index (χ2v) is 6.55. The molecule has 0 aromatic rings. The van der Waals surface area contributed by atoms with Gasteiger partial charge in [-0.05, 0) is 50.4 Å². The molecule has 2 aliphatic rings. The summed E-state index contributed by atoms with van der Waals surface area (Å²) < 4.78 is 0. The van der Waals surface area contributed by atoms with E-state index in [1.54, 1.807) is 0 Å². The van der Waals surface area contributed by atoms with Gasteiger partial charge in [0.2, 0.25) is 5.91 Å². The molecular weight excluding hydrogens is 224 g/mol. The van der Waals surface area contributed by atoms with Crippen molar-refractivity contribution in [2.24, 2.45) is 23.5 Å². The average molecular weight is 252 g/mol. The van der Waals surface area contributed by atoms with E-state index in [-0.39, 0.29) is 12.0 Å². The number of carbonyl (C=O) groups excluding carboxylic acids is 1. The molecule has 104 valence electrons. The number of hydrogen-bond donors (Lipinski definition) is 1. The predicted molar refractivity (Wildman–Crippen MR) is 74.1 cm³/mol. The quantitative estimate of drug-likeness (QED) is 0.779. The van der Waals surface area contributed by atoms with E-state index in [2.05, 4.69) is 18.7 Å². The second kappa shape index (κ2) is 6.05. The highest BCUT2D eigenvalue weighted by atomic mass is 16.2. The molecule has 3 heteroatoms. The maximum atomic E-state index is 12.6. The molecule has 2 fully saturated rings. The van der Waals surface area contributed by atoms with Gasteiger partial charge in [-0.3, -0.25) is 4.79 Å². The standard InChI is InChI=1S/C15H28N2O/c1-11-4-3-8-17(9-7-11)15(18)13-10-12(2)5-6-14(13)16/h11-14H,3-10,16H2,1-2H3. The monoisotopic (exact) mass is 252 g/mol. The lowest BCUT2D eigenvalue weighted by Crippen LogP contribution is -2.47. The summed E-state index contributed by atoms with van der Waals surface area (Å²) in [5.41, 5.74) is 6.17. The lowest BCUT2D eigenvalue weighted by molar-refractivity contribution is -0.137. The number of amides is 1. The van der Waals surface area contributed by atoms with Gasteiger partial charge < -0.3 is 10.6 Å². The van der Waals surface area contributed by atoms with Crippen molar-refractivity contribution in [3.05, 3.63) is 0 Å². The van der Waals surface area contributed by atoms with Gasteiger partial charge in [-0.25, -0.2) is 0 Å². The Morgan fingerprint density at radius 1 is 1.06 bits per heavy atom. The van der Waals surface area contributed by atoms with Crippen molar-refractivity contribution in [3.63, 3.8) is 0 Å². The van der Waals surface area contributed by atoms with Gasteiger partial charge in [-0.2, -0.15) is 0 Å². The van der Waals surface area contributed by atoms with E-state index in [9.17, 15) is 4.79 Å². The maximum Gasteiger partial charge on any atom is 0.227 e. The molecule has 0 aromatic carbocycles. The van der Waals surface area contributed by atoms with Crippen molar-refractivity contribution in [2.75, 3.05) is 13.1 Å². The largest absolute Gasteiger partial charge is 0.342 e. The summed E-state index contributed by atoms with van der Waals surface area (Å²) in [6.45, 7) is 6.43. The predicted octanol–water partition coefficient (Wildman–Crippen LogP) is 2.40. The van der Waals surface area contributed by atoms with Crippen molar-refractivity contribution in [1.29, 1.82) is 0 Å². The van der Waals surface area contributed by atoms with E-state index in [0.717, 1.165) is 44.7 Å². The molecule has 4 unspecified atom stereocenters. The fourth-order valence-corrected chi connectivity index (χ4v) is 3.41. The topological polar surface area (TPSA) is 46.3 Å². The van der Waals surface area contributed by atoms with Gasteiger partial charge in [-0.15, -0.1) is 0 Å². The van der Waals surface area contributed by atoms with Crippen LogP contribution < -0.4 is 5.73 Å². The van der Waals surface area contributed by atoms with Crippen LogP contribution in [-0.4, -0.2) is 29.9 Å². The molecule has 0 radical (unpaired) electrons. The number of nitrogens with zero attached hydrogens (tertiary/aromatic N) is 1. The summed E-state index contributed by atoms with van der Waals surface area (Å²) >= 11 is 0. The fourth-order valence-electron chi connectivity index (χ4n) is 3.41. The Balaban J connectivity index is 1.96. The molecule has 4 atom stereocenters. The van der Waals surface area contributed by atoms with Crippen LogP contribution in [-0.2, 0) is 4.79 Å². The summed E-state index contributed by atoms with van der Waals surface area (Å²) in [5, 5.41) is 0. The lowest BCUT2D eigenvalue weighted by Gasteiger charge is -2.35. The molecule has 1 amide bonds. The third kappa shape index (κ3) is 3.25. The third-order valence-electron chi connectivity index (χ3n) is 4.81. The highest BCUT2D eigenvalue weighted by Crippen LogP contribution is 2.30. The van der Waals surface area contributed by atoms with Crippen LogP contribution in [0.2, 0.25) is 0 Å². The normalized spacial score (nSPS) is 38.3. The molecule has 1 saturated carbocycles. The highest BCUT2D eigenvalue weighted by Gasteiger charge is 2.34. The number of rotatable bonds is 1. The van der Waals surface area contributed by atoms with Gasteiger partial charge in [-0.1, -0.05) is 13.8 Å². The first-order valence-electron chi connectivity index (χ1n) is 7.62. The molecule has 0 bridgehead atoms. The van der Waals surface area contributed by atoms with Crippen LogP contribution in [0.15, 0.2) is 0 Å². The average Bonchev–Trinajstić information content (AvgIpc) is 2.56. The third-order valence-corrected chi connectivity index (χ3v) is 4.81. The molecule has 1 saturated heterocycles. The van der Waals surface area contributed by atoms with Gasteiger partial charge in [0.05, 0.1) is 5.92 Å². The van der Waals surface area contributed by atoms with Crippen LogP contribution in [0, 0.1) is 17.8 Å². The number of carbonyl (C=O) groups is 1. The van der Waals surface area contributed by atoms with Crippen LogP contribution in [0.4, 0.5) is 0 Å². The van der Waals surface area contributed by atoms with Crippen LogP contribution >= 0.6 is 0 Å². The van der Waals surface area contributed by atoms with Gasteiger partial charge in [0.1, 0.15) is 0 Å². The minimum Gasteiger partial charge on any atom is -0.342 e. The smallest absolute Gasteiger partial charge is 0.227 e. The van der Waals surface area contributed by atoms with Gasteiger partial charge >= 0.3 is 0 Å². The molecular formula is C15H28N2O. The Morgan fingerprint density at radius 3 is 2.61 bits per heavy atom. The molecule has 1 aliphatic carbocycles. The Morgan fingerprint density at radius 2 is 1.83 bits per heavy atom. The fraction of sp³-hybridized carbons (Fsp3) is 0.933. The van der Waals surface area contributed by atoms with Crippen LogP contribution in [0.5, 0.6) is 0 Å². The van der Waals surface area contributed by atoms with E-state index in [4.69, 9.17) is 5.73 Å². The van der Waals surface area contributed by atoms with Gasteiger partial charge in [0.15, 0.2) is 0 Å². The van der Waals surface area contributed by atoms with E-state index in [1.807, 2.05) is 0 Å². The molecule has 1 aliphatic heterocycles. The van der Waals surface area contributed by atoms with Crippen LogP contribution in [0.25, 0.3) is 0 Å². The Labute approximate surface area is 111 Å². The zero-order valence-electron chi connectivity index (χ0n) is 11.9. The summed E-state index contributed by atoms with van der Waals surface area (Å²) in [7, 11) is 0. The number of nitrogens with two attached hydrogens (primary N) is 1. The first kappa shape index (κ1) is 13.9. The lowest BCUT2D eigenvalue weighted by atomic mass is 9.78.